The number of anilines is 1. The molecule has 2 aliphatic rings. The molecule has 2 amide bonds. The number of rotatable bonds is 4. The molecule has 130 valence electrons. The summed E-state index contributed by atoms with van der Waals surface area (Å²) in [6.45, 7) is 1.46. The normalized spacial score (nSPS) is 21.7. The first-order chi connectivity index (χ1) is 11.7. The van der Waals surface area contributed by atoms with Gasteiger partial charge in [-0.2, -0.15) is 0 Å². The maximum atomic E-state index is 12.7. The van der Waals surface area contributed by atoms with Gasteiger partial charge in [-0.15, -0.1) is 0 Å². The van der Waals surface area contributed by atoms with Crippen LogP contribution in [0.3, 0.4) is 0 Å². The third-order valence-corrected chi connectivity index (χ3v) is 5.17. The fraction of sp³-hybridized carbons (Fsp3) is 0.579. The summed E-state index contributed by atoms with van der Waals surface area (Å²) in [4.78, 5) is 26.7. The van der Waals surface area contributed by atoms with Gasteiger partial charge < -0.3 is 15.3 Å². The van der Waals surface area contributed by atoms with E-state index in [-0.39, 0.29) is 30.3 Å². The smallest absolute Gasteiger partial charge is 0.253 e. The quantitative estimate of drug-likeness (QED) is 0.892. The highest BCUT2D eigenvalue weighted by Crippen LogP contribution is 2.26. The van der Waals surface area contributed by atoms with E-state index in [1.165, 1.54) is 0 Å². The van der Waals surface area contributed by atoms with E-state index < -0.39 is 0 Å². The van der Waals surface area contributed by atoms with Gasteiger partial charge in [-0.3, -0.25) is 9.59 Å². The van der Waals surface area contributed by atoms with Crippen LogP contribution in [0.2, 0.25) is 0 Å². The predicted molar refractivity (Wildman–Crippen MR) is 92.7 cm³/mol. The summed E-state index contributed by atoms with van der Waals surface area (Å²) in [6, 6.07) is 7.19. The van der Waals surface area contributed by atoms with Gasteiger partial charge in [-0.25, -0.2) is 0 Å². The fourth-order valence-corrected chi connectivity index (χ4v) is 3.74. The Bertz CT molecular complexity index is 596. The van der Waals surface area contributed by atoms with E-state index >= 15 is 0 Å². The molecule has 2 fully saturated rings. The number of carbonyl (C=O) groups excluding carboxylic acids is 2. The lowest BCUT2D eigenvalue weighted by Crippen LogP contribution is -2.40. The highest BCUT2D eigenvalue weighted by Gasteiger charge is 2.25. The highest BCUT2D eigenvalue weighted by atomic mass is 16.3. The summed E-state index contributed by atoms with van der Waals surface area (Å²) in [5.41, 5.74) is 1.28. The van der Waals surface area contributed by atoms with Crippen LogP contribution < -0.4 is 5.32 Å². The molecule has 0 spiro atoms. The largest absolute Gasteiger partial charge is 0.396 e. The lowest BCUT2D eigenvalue weighted by atomic mass is 9.98. The number of nitrogens with one attached hydrogen (secondary N) is 1. The standard InChI is InChI=1S/C19H26N2O3/c22-13-14-5-4-10-21(12-14)19(24)16-8-3-9-17(11-16)20-18(23)15-6-1-2-7-15/h3,8-9,11,14-15,22H,1-2,4-7,10,12-13H2,(H,20,23). The van der Waals surface area contributed by atoms with Gasteiger partial charge in [0, 0.05) is 36.9 Å². The number of aliphatic hydroxyl groups excluding tert-OH is 1. The maximum Gasteiger partial charge on any atom is 0.253 e. The lowest BCUT2D eigenvalue weighted by molar-refractivity contribution is -0.119. The second-order valence-corrected chi connectivity index (χ2v) is 6.99. The number of hydrogen-bond acceptors (Lipinski definition) is 3. The van der Waals surface area contributed by atoms with Crippen molar-refractivity contribution in [2.45, 2.75) is 38.5 Å². The van der Waals surface area contributed by atoms with Crippen LogP contribution in [-0.4, -0.2) is 41.5 Å². The number of amides is 2. The maximum absolute atomic E-state index is 12.7. The van der Waals surface area contributed by atoms with E-state index in [0.29, 0.717) is 17.8 Å². The molecule has 1 aromatic rings. The summed E-state index contributed by atoms with van der Waals surface area (Å²) < 4.78 is 0. The number of benzene rings is 1. The Balaban J connectivity index is 1.65. The molecule has 5 nitrogen and oxygen atoms in total. The fourth-order valence-electron chi connectivity index (χ4n) is 3.74. The Labute approximate surface area is 143 Å². The van der Waals surface area contributed by atoms with Gasteiger partial charge in [-0.1, -0.05) is 18.9 Å². The summed E-state index contributed by atoms with van der Waals surface area (Å²) in [6.07, 6.45) is 6.06. The number of carbonyl (C=O) groups is 2. The molecule has 2 N–H and O–H groups in total. The van der Waals surface area contributed by atoms with Gasteiger partial charge in [0.25, 0.3) is 5.91 Å². The Kier molecular flexibility index (Phi) is 5.51. The van der Waals surface area contributed by atoms with Crippen LogP contribution in [0.1, 0.15) is 48.9 Å². The van der Waals surface area contributed by atoms with Crippen molar-refractivity contribution < 1.29 is 14.7 Å². The molecule has 1 unspecified atom stereocenters. The average Bonchev–Trinajstić information content (AvgIpc) is 3.16. The Morgan fingerprint density at radius 3 is 2.71 bits per heavy atom. The molecular weight excluding hydrogens is 304 g/mol. The molecule has 0 aromatic heterocycles. The SMILES string of the molecule is O=C(Nc1cccc(C(=O)N2CCCC(CO)C2)c1)C1CCCC1. The third kappa shape index (κ3) is 3.96. The summed E-state index contributed by atoms with van der Waals surface area (Å²) >= 11 is 0. The molecule has 1 atom stereocenters. The van der Waals surface area contributed by atoms with Crippen LogP contribution >= 0.6 is 0 Å². The van der Waals surface area contributed by atoms with Gasteiger partial charge in [0.2, 0.25) is 5.91 Å². The van der Waals surface area contributed by atoms with E-state index in [4.69, 9.17) is 0 Å². The molecule has 1 heterocycles. The van der Waals surface area contributed by atoms with Crippen molar-refractivity contribution in [1.82, 2.24) is 4.90 Å². The van der Waals surface area contributed by atoms with Gasteiger partial charge in [0.05, 0.1) is 0 Å². The van der Waals surface area contributed by atoms with Crippen LogP contribution in [0.4, 0.5) is 5.69 Å². The van der Waals surface area contributed by atoms with E-state index in [2.05, 4.69) is 5.32 Å². The van der Waals surface area contributed by atoms with Crippen LogP contribution in [0.15, 0.2) is 24.3 Å². The van der Waals surface area contributed by atoms with Gasteiger partial charge in [0.1, 0.15) is 0 Å². The molecule has 3 rings (SSSR count). The zero-order chi connectivity index (χ0) is 16.9. The van der Waals surface area contributed by atoms with Crippen molar-refractivity contribution in [2.24, 2.45) is 11.8 Å². The predicted octanol–water partition coefficient (Wildman–Crippen LogP) is 2.66. The lowest BCUT2D eigenvalue weighted by Gasteiger charge is -2.32. The van der Waals surface area contributed by atoms with Crippen LogP contribution in [0, 0.1) is 11.8 Å². The summed E-state index contributed by atoms with van der Waals surface area (Å²) in [5, 5.41) is 12.3. The molecule has 0 radical (unpaired) electrons. The number of piperidine rings is 1. The zero-order valence-electron chi connectivity index (χ0n) is 14.0. The summed E-state index contributed by atoms with van der Waals surface area (Å²) in [5.74, 6) is 0.324. The second-order valence-electron chi connectivity index (χ2n) is 6.99. The topological polar surface area (TPSA) is 69.6 Å². The molecule has 0 bridgehead atoms. The monoisotopic (exact) mass is 330 g/mol. The first-order valence-corrected chi connectivity index (χ1v) is 8.98. The van der Waals surface area contributed by atoms with Crippen molar-refractivity contribution >= 4 is 17.5 Å². The summed E-state index contributed by atoms with van der Waals surface area (Å²) in [7, 11) is 0. The molecule has 1 aromatic carbocycles. The van der Waals surface area contributed by atoms with Gasteiger partial charge in [-0.05, 0) is 49.8 Å². The van der Waals surface area contributed by atoms with E-state index in [0.717, 1.165) is 45.1 Å². The van der Waals surface area contributed by atoms with Crippen molar-refractivity contribution in [3.63, 3.8) is 0 Å². The van der Waals surface area contributed by atoms with E-state index in [1.54, 1.807) is 12.1 Å². The number of likely N-dealkylation sites (tertiary alicyclic amines) is 1. The number of hydrogen-bond donors (Lipinski definition) is 2. The van der Waals surface area contributed by atoms with Gasteiger partial charge in [0.15, 0.2) is 0 Å². The third-order valence-electron chi connectivity index (χ3n) is 5.17. The Morgan fingerprint density at radius 2 is 1.96 bits per heavy atom. The van der Waals surface area contributed by atoms with Crippen molar-refractivity contribution in [3.8, 4) is 0 Å². The van der Waals surface area contributed by atoms with Crippen LogP contribution in [0.5, 0.6) is 0 Å². The first-order valence-electron chi connectivity index (χ1n) is 8.98. The molecule has 5 heteroatoms. The van der Waals surface area contributed by atoms with Crippen molar-refractivity contribution in [3.05, 3.63) is 29.8 Å². The molecule has 1 aliphatic heterocycles. The minimum absolute atomic E-state index is 0.0230. The van der Waals surface area contributed by atoms with E-state index in [9.17, 15) is 14.7 Å². The van der Waals surface area contributed by atoms with Gasteiger partial charge >= 0.3 is 0 Å². The van der Waals surface area contributed by atoms with E-state index in [1.807, 2.05) is 17.0 Å². The number of nitrogens with zero attached hydrogens (tertiary/aromatic N) is 1. The minimum Gasteiger partial charge on any atom is -0.396 e. The Morgan fingerprint density at radius 1 is 1.17 bits per heavy atom. The Hall–Kier alpha value is -1.88. The van der Waals surface area contributed by atoms with Crippen LogP contribution in [-0.2, 0) is 4.79 Å². The molecule has 24 heavy (non-hydrogen) atoms. The average molecular weight is 330 g/mol. The van der Waals surface area contributed by atoms with Crippen LogP contribution in [0.25, 0.3) is 0 Å². The number of aliphatic hydroxyl groups is 1. The second kappa shape index (κ2) is 7.79. The molecule has 1 saturated carbocycles. The molecular formula is C19H26N2O3. The minimum atomic E-state index is -0.0230. The molecule has 1 aliphatic carbocycles. The van der Waals surface area contributed by atoms with Crippen molar-refractivity contribution in [1.29, 1.82) is 0 Å². The van der Waals surface area contributed by atoms with Crippen molar-refractivity contribution in [2.75, 3.05) is 25.0 Å². The zero-order valence-corrected chi connectivity index (χ0v) is 14.0. The first kappa shape index (κ1) is 17.0. The molecule has 1 saturated heterocycles. The highest BCUT2D eigenvalue weighted by molar-refractivity contribution is 5.97.